The van der Waals surface area contributed by atoms with E-state index in [1.165, 1.54) is 0 Å². The Bertz CT molecular complexity index is 1140. The number of carbonyl (C=O) groups is 7. The number of nitrogens with one attached hydrogen (secondary N) is 4. The summed E-state index contributed by atoms with van der Waals surface area (Å²) in [6, 6.07) is 1.26. The van der Waals surface area contributed by atoms with Crippen LogP contribution in [0.1, 0.15) is 31.7 Å². The molecule has 1 aromatic rings. The van der Waals surface area contributed by atoms with Gasteiger partial charge >= 0.3 is 5.97 Å². The van der Waals surface area contributed by atoms with Crippen LogP contribution >= 0.6 is 12.6 Å². The lowest BCUT2D eigenvalue weighted by Gasteiger charge is -2.26. The molecule has 0 radical (unpaired) electrons. The maximum absolute atomic E-state index is 13.3. The van der Waals surface area contributed by atoms with Gasteiger partial charge in [0.2, 0.25) is 35.4 Å². The minimum absolute atomic E-state index is 0.0230. The van der Waals surface area contributed by atoms with Gasteiger partial charge in [-0.25, -0.2) is 4.79 Å². The Labute approximate surface area is 246 Å². The van der Waals surface area contributed by atoms with Crippen molar-refractivity contribution in [3.8, 4) is 0 Å². The number of benzene rings is 1. The lowest BCUT2D eigenvalue weighted by atomic mass is 10.0. The van der Waals surface area contributed by atoms with Crippen molar-refractivity contribution in [2.45, 2.75) is 68.9 Å². The standard InChI is InChI=1S/C25H37N7O9S/c1-12(33)20(25(40)41)32-22(37)15(7-8-18(27)34)29-24(39)17(10-19(28)35)31-23(38)16(30-21(36)14(26)11-42)9-13-5-3-2-4-6-13/h2-6,12,14-17,20,33,42H,7-11,26H2,1H3,(H2,27,34)(H2,28,35)(H,29,39)(H,30,36)(H,31,38)(H,32,37)(H,40,41)/t12-,14+,15+,16+,17+,20+/m1/s1. The molecule has 42 heavy (non-hydrogen) atoms. The van der Waals surface area contributed by atoms with E-state index in [0.717, 1.165) is 6.92 Å². The molecule has 0 saturated heterocycles. The number of hydrogen-bond acceptors (Lipinski definition) is 10. The number of carboxylic acids is 1. The molecule has 17 heteroatoms. The first kappa shape index (κ1) is 35.8. The molecule has 16 nitrogen and oxygen atoms in total. The SMILES string of the molecule is C[C@@H](O)[C@H](NC(=O)[C@H](CCC(N)=O)NC(=O)[C@H](CC(N)=O)NC(=O)[C@H](Cc1ccccc1)NC(=O)[C@@H](N)CS)C(=O)O. The van der Waals surface area contributed by atoms with Crippen LogP contribution < -0.4 is 38.5 Å². The van der Waals surface area contributed by atoms with Crippen LogP contribution in [0, 0.1) is 0 Å². The summed E-state index contributed by atoms with van der Waals surface area (Å²) in [4.78, 5) is 86.2. The molecule has 0 heterocycles. The molecule has 0 aliphatic carbocycles. The zero-order valence-corrected chi connectivity index (χ0v) is 23.7. The smallest absolute Gasteiger partial charge is 0.328 e. The number of carboxylic acid groups (broad SMARTS) is 1. The van der Waals surface area contributed by atoms with Crippen molar-refractivity contribution in [1.29, 1.82) is 0 Å². The normalized spacial score (nSPS) is 15.0. The highest BCUT2D eigenvalue weighted by Gasteiger charge is 2.33. The number of nitrogens with two attached hydrogens (primary N) is 3. The van der Waals surface area contributed by atoms with E-state index in [4.69, 9.17) is 17.2 Å². The molecule has 232 valence electrons. The Balaban J connectivity index is 3.22. The monoisotopic (exact) mass is 611 g/mol. The Morgan fingerprint density at radius 2 is 1.33 bits per heavy atom. The molecule has 0 aliphatic rings. The quantitative estimate of drug-likeness (QED) is 0.0718. The number of amides is 6. The number of aliphatic carboxylic acids is 1. The molecule has 0 unspecified atom stereocenters. The molecule has 1 aromatic carbocycles. The summed E-state index contributed by atoms with van der Waals surface area (Å²) in [5.74, 6) is -7.21. The molecule has 0 bridgehead atoms. The van der Waals surface area contributed by atoms with Gasteiger partial charge in [-0.15, -0.1) is 0 Å². The summed E-state index contributed by atoms with van der Waals surface area (Å²) < 4.78 is 0. The number of aliphatic hydroxyl groups is 1. The third-order valence-electron chi connectivity index (χ3n) is 5.85. The maximum atomic E-state index is 13.3. The summed E-state index contributed by atoms with van der Waals surface area (Å²) >= 11 is 3.97. The minimum Gasteiger partial charge on any atom is -0.480 e. The second kappa shape index (κ2) is 17.6. The van der Waals surface area contributed by atoms with Crippen molar-refractivity contribution < 1.29 is 43.8 Å². The van der Waals surface area contributed by atoms with Gasteiger partial charge in [-0.2, -0.15) is 12.6 Å². The van der Waals surface area contributed by atoms with E-state index in [-0.39, 0.29) is 18.6 Å². The van der Waals surface area contributed by atoms with Gasteiger partial charge in [0.1, 0.15) is 18.1 Å². The second-order valence-corrected chi connectivity index (χ2v) is 9.77. The zero-order valence-electron chi connectivity index (χ0n) is 22.8. The summed E-state index contributed by atoms with van der Waals surface area (Å²) in [5.41, 5.74) is 16.8. The second-order valence-electron chi connectivity index (χ2n) is 9.40. The zero-order chi connectivity index (χ0) is 32.0. The molecule has 12 N–H and O–H groups in total. The summed E-state index contributed by atoms with van der Waals surface area (Å²) in [6.07, 6.45) is -3.07. The molecular formula is C25H37N7O9S. The van der Waals surface area contributed by atoms with Crippen molar-refractivity contribution in [1.82, 2.24) is 21.3 Å². The van der Waals surface area contributed by atoms with Crippen molar-refractivity contribution in [2.75, 3.05) is 5.75 Å². The molecule has 0 aromatic heterocycles. The molecule has 6 amide bonds. The highest BCUT2D eigenvalue weighted by atomic mass is 32.1. The van der Waals surface area contributed by atoms with E-state index >= 15 is 0 Å². The fraction of sp³-hybridized carbons (Fsp3) is 0.480. The Hall–Kier alpha value is -4.22. The first-order chi connectivity index (χ1) is 19.7. The summed E-state index contributed by atoms with van der Waals surface area (Å²) in [7, 11) is 0. The van der Waals surface area contributed by atoms with E-state index in [1.807, 2.05) is 5.32 Å². The average Bonchev–Trinajstić information content (AvgIpc) is 2.92. The highest BCUT2D eigenvalue weighted by molar-refractivity contribution is 7.80. The number of rotatable bonds is 18. The fourth-order valence-corrected chi connectivity index (χ4v) is 3.74. The number of carbonyl (C=O) groups excluding carboxylic acids is 6. The van der Waals surface area contributed by atoms with Crippen LogP contribution in [0.2, 0.25) is 0 Å². The van der Waals surface area contributed by atoms with Crippen LogP contribution in [0.4, 0.5) is 0 Å². The predicted molar refractivity (Wildman–Crippen MR) is 151 cm³/mol. The molecule has 0 fully saturated rings. The first-order valence-electron chi connectivity index (χ1n) is 12.8. The van der Waals surface area contributed by atoms with Gasteiger partial charge in [-0.05, 0) is 18.9 Å². The van der Waals surface area contributed by atoms with Crippen molar-refractivity contribution in [2.24, 2.45) is 17.2 Å². The lowest BCUT2D eigenvalue weighted by molar-refractivity contribution is -0.145. The number of hydrogen-bond donors (Lipinski definition) is 10. The Morgan fingerprint density at radius 1 is 0.810 bits per heavy atom. The van der Waals surface area contributed by atoms with Crippen LogP contribution in [0.15, 0.2) is 30.3 Å². The summed E-state index contributed by atoms with van der Waals surface area (Å²) in [5, 5.41) is 28.0. The van der Waals surface area contributed by atoms with E-state index in [1.54, 1.807) is 30.3 Å². The first-order valence-corrected chi connectivity index (χ1v) is 13.4. The van der Waals surface area contributed by atoms with E-state index < -0.39 is 90.6 Å². The summed E-state index contributed by atoms with van der Waals surface area (Å²) in [6.45, 7) is 1.11. The van der Waals surface area contributed by atoms with Crippen molar-refractivity contribution in [3.05, 3.63) is 35.9 Å². The Kier molecular flexibility index (Phi) is 15.0. The van der Waals surface area contributed by atoms with Gasteiger partial charge in [-0.3, -0.25) is 28.8 Å². The largest absolute Gasteiger partial charge is 0.480 e. The van der Waals surface area contributed by atoms with E-state index in [2.05, 4.69) is 28.6 Å². The van der Waals surface area contributed by atoms with Gasteiger partial charge in [0.25, 0.3) is 0 Å². The van der Waals surface area contributed by atoms with E-state index in [9.17, 15) is 43.8 Å². The molecule has 0 aliphatic heterocycles. The van der Waals surface area contributed by atoms with Crippen LogP contribution in [-0.4, -0.2) is 93.7 Å². The highest BCUT2D eigenvalue weighted by Crippen LogP contribution is 2.07. The van der Waals surface area contributed by atoms with Crippen LogP contribution in [-0.2, 0) is 40.0 Å². The Morgan fingerprint density at radius 3 is 1.83 bits per heavy atom. The average molecular weight is 612 g/mol. The van der Waals surface area contributed by atoms with Gasteiger partial charge < -0.3 is 48.7 Å². The van der Waals surface area contributed by atoms with Crippen molar-refractivity contribution >= 4 is 54.0 Å². The number of thiol groups is 1. The van der Waals surface area contributed by atoms with E-state index in [0.29, 0.717) is 5.56 Å². The van der Waals surface area contributed by atoms with Crippen molar-refractivity contribution in [3.63, 3.8) is 0 Å². The fourth-order valence-electron chi connectivity index (χ4n) is 3.57. The molecule has 1 rings (SSSR count). The maximum Gasteiger partial charge on any atom is 0.328 e. The number of aliphatic hydroxyl groups excluding tert-OH is 1. The number of primary amides is 2. The predicted octanol–water partition coefficient (Wildman–Crippen LogP) is -3.97. The minimum atomic E-state index is -1.75. The third-order valence-corrected chi connectivity index (χ3v) is 6.24. The molecule has 0 spiro atoms. The molecule has 0 saturated carbocycles. The lowest BCUT2D eigenvalue weighted by Crippen LogP contribution is -2.60. The topological polar surface area (TPSA) is 286 Å². The third kappa shape index (κ3) is 12.5. The van der Waals surface area contributed by atoms with Crippen LogP contribution in [0.5, 0.6) is 0 Å². The van der Waals surface area contributed by atoms with Gasteiger partial charge in [0.15, 0.2) is 6.04 Å². The van der Waals surface area contributed by atoms with Gasteiger partial charge in [0, 0.05) is 18.6 Å². The van der Waals surface area contributed by atoms with Gasteiger partial charge in [-0.1, -0.05) is 30.3 Å². The molecular weight excluding hydrogens is 574 g/mol. The van der Waals surface area contributed by atoms with Gasteiger partial charge in [0.05, 0.1) is 18.6 Å². The molecule has 6 atom stereocenters. The van der Waals surface area contributed by atoms with Crippen LogP contribution in [0.25, 0.3) is 0 Å². The van der Waals surface area contributed by atoms with Crippen LogP contribution in [0.3, 0.4) is 0 Å².